The molecule has 0 aliphatic heterocycles. The fraction of sp³-hybridized carbons (Fsp3) is 0.346. The Balaban J connectivity index is 1.33. The van der Waals surface area contributed by atoms with Crippen LogP contribution in [0.25, 0.3) is 0 Å². The number of hydrogen-bond donors (Lipinski definition) is 2. The predicted octanol–water partition coefficient (Wildman–Crippen LogP) is 5.32. The second-order valence-corrected chi connectivity index (χ2v) is 8.78. The van der Waals surface area contributed by atoms with Crippen molar-refractivity contribution in [3.05, 3.63) is 77.4 Å². The Hall–Kier alpha value is -3.41. The maximum Gasteiger partial charge on any atom is 0.275 e. The van der Waals surface area contributed by atoms with E-state index in [9.17, 15) is 9.59 Å². The Labute approximate surface area is 189 Å². The molecule has 1 aliphatic rings. The van der Waals surface area contributed by atoms with Crippen molar-refractivity contribution in [3.8, 4) is 0 Å². The summed E-state index contributed by atoms with van der Waals surface area (Å²) in [4.78, 5) is 29.2. The van der Waals surface area contributed by atoms with Crippen LogP contribution in [0.5, 0.6) is 0 Å². The molecule has 32 heavy (non-hydrogen) atoms. The number of benzene rings is 2. The molecule has 1 heterocycles. The van der Waals surface area contributed by atoms with Gasteiger partial charge < -0.3 is 15.2 Å². The third kappa shape index (κ3) is 5.63. The number of hydrogen-bond acceptors (Lipinski definition) is 3. The smallest absolute Gasteiger partial charge is 0.275 e. The van der Waals surface area contributed by atoms with E-state index in [0.29, 0.717) is 12.2 Å². The summed E-state index contributed by atoms with van der Waals surface area (Å²) in [6.45, 7) is 4.61. The van der Waals surface area contributed by atoms with Gasteiger partial charge in [0.25, 0.3) is 5.91 Å². The Bertz CT molecular complexity index is 1080. The van der Waals surface area contributed by atoms with Crippen LogP contribution >= 0.6 is 0 Å². The van der Waals surface area contributed by atoms with Gasteiger partial charge in [-0.3, -0.25) is 9.59 Å². The molecule has 3 aromatic rings. The first-order valence-corrected chi connectivity index (χ1v) is 11.3. The van der Waals surface area contributed by atoms with Crippen LogP contribution in [-0.4, -0.2) is 21.4 Å². The van der Waals surface area contributed by atoms with E-state index in [-0.39, 0.29) is 17.7 Å². The van der Waals surface area contributed by atoms with Crippen molar-refractivity contribution in [2.45, 2.75) is 52.5 Å². The van der Waals surface area contributed by atoms with E-state index in [0.717, 1.165) is 53.7 Å². The molecule has 0 radical (unpaired) electrons. The molecule has 6 nitrogen and oxygen atoms in total. The molecule has 2 aromatic carbocycles. The number of imidazole rings is 1. The number of aryl methyl sites for hydroxylation is 2. The van der Waals surface area contributed by atoms with Crippen LogP contribution < -0.4 is 10.6 Å². The van der Waals surface area contributed by atoms with Gasteiger partial charge in [0.2, 0.25) is 5.91 Å². The molecule has 2 N–H and O–H groups in total. The van der Waals surface area contributed by atoms with Crippen molar-refractivity contribution in [2.24, 2.45) is 5.92 Å². The zero-order chi connectivity index (χ0) is 22.5. The van der Waals surface area contributed by atoms with Crippen molar-refractivity contribution < 1.29 is 9.59 Å². The van der Waals surface area contributed by atoms with Gasteiger partial charge in [0.1, 0.15) is 5.69 Å². The van der Waals surface area contributed by atoms with Crippen molar-refractivity contribution >= 4 is 23.2 Å². The molecule has 166 valence electrons. The number of anilines is 2. The van der Waals surface area contributed by atoms with Crippen LogP contribution in [0.1, 0.15) is 59.3 Å². The van der Waals surface area contributed by atoms with Gasteiger partial charge in [0, 0.05) is 30.0 Å². The highest BCUT2D eigenvalue weighted by atomic mass is 16.2. The van der Waals surface area contributed by atoms with Gasteiger partial charge >= 0.3 is 0 Å². The van der Waals surface area contributed by atoms with Gasteiger partial charge in [-0.15, -0.1) is 0 Å². The van der Waals surface area contributed by atoms with Crippen molar-refractivity contribution in [1.29, 1.82) is 0 Å². The summed E-state index contributed by atoms with van der Waals surface area (Å²) in [5.74, 6) is 0.0451. The number of amides is 2. The minimum Gasteiger partial charge on any atom is -0.332 e. The highest BCUT2D eigenvalue weighted by Crippen LogP contribution is 2.25. The van der Waals surface area contributed by atoms with E-state index in [2.05, 4.69) is 21.7 Å². The first-order valence-electron chi connectivity index (χ1n) is 11.3. The lowest BCUT2D eigenvalue weighted by molar-refractivity contribution is -0.120. The summed E-state index contributed by atoms with van der Waals surface area (Å²) in [6.07, 6.45) is 8.92. The number of aromatic nitrogens is 2. The molecular formula is C26H30N4O2. The van der Waals surface area contributed by atoms with E-state index >= 15 is 0 Å². The third-order valence-electron chi connectivity index (χ3n) is 5.91. The summed E-state index contributed by atoms with van der Waals surface area (Å²) >= 11 is 0. The topological polar surface area (TPSA) is 76.0 Å². The summed E-state index contributed by atoms with van der Waals surface area (Å²) in [7, 11) is 0. The van der Waals surface area contributed by atoms with Gasteiger partial charge in [-0.05, 0) is 67.6 Å². The van der Waals surface area contributed by atoms with Gasteiger partial charge in [-0.2, -0.15) is 0 Å². The van der Waals surface area contributed by atoms with Gasteiger partial charge in [0.15, 0.2) is 0 Å². The van der Waals surface area contributed by atoms with Gasteiger partial charge in [-0.25, -0.2) is 4.98 Å². The average Bonchev–Trinajstić information content (AvgIpc) is 3.24. The fourth-order valence-electron chi connectivity index (χ4n) is 4.32. The molecule has 4 rings (SSSR count). The van der Waals surface area contributed by atoms with E-state index in [1.54, 1.807) is 12.5 Å². The summed E-state index contributed by atoms with van der Waals surface area (Å²) in [5.41, 5.74) is 5.24. The fourth-order valence-corrected chi connectivity index (χ4v) is 4.32. The molecule has 0 saturated heterocycles. The summed E-state index contributed by atoms with van der Waals surface area (Å²) in [6, 6.07) is 13.8. The zero-order valence-electron chi connectivity index (χ0n) is 18.7. The molecule has 0 atom stereocenters. The Morgan fingerprint density at radius 2 is 1.62 bits per heavy atom. The number of nitrogens with one attached hydrogen (secondary N) is 2. The molecule has 1 saturated carbocycles. The number of rotatable bonds is 6. The van der Waals surface area contributed by atoms with Crippen LogP contribution in [0, 0.1) is 19.8 Å². The quantitative estimate of drug-likeness (QED) is 0.556. The Kier molecular flexibility index (Phi) is 6.69. The molecule has 1 aromatic heterocycles. The SMILES string of the molecule is Cc1cc(C)cc(NC(=O)c2cn(Cc3ccc(NC(=O)C4CCCCC4)cc3)cn2)c1. The highest BCUT2D eigenvalue weighted by molar-refractivity contribution is 6.02. The second kappa shape index (κ2) is 9.81. The monoisotopic (exact) mass is 430 g/mol. The predicted molar refractivity (Wildman–Crippen MR) is 127 cm³/mol. The van der Waals surface area contributed by atoms with Gasteiger partial charge in [0.05, 0.1) is 6.33 Å². The molecular weight excluding hydrogens is 400 g/mol. The zero-order valence-corrected chi connectivity index (χ0v) is 18.7. The summed E-state index contributed by atoms with van der Waals surface area (Å²) < 4.78 is 1.88. The molecule has 0 unspecified atom stereocenters. The van der Waals surface area contributed by atoms with Crippen LogP contribution in [0.15, 0.2) is 55.0 Å². The lowest BCUT2D eigenvalue weighted by Gasteiger charge is -2.20. The average molecular weight is 431 g/mol. The third-order valence-corrected chi connectivity index (χ3v) is 5.91. The number of carbonyl (C=O) groups is 2. The first-order chi connectivity index (χ1) is 15.5. The van der Waals surface area contributed by atoms with Crippen LogP contribution in [0.3, 0.4) is 0 Å². The Morgan fingerprint density at radius 3 is 2.31 bits per heavy atom. The maximum absolute atomic E-state index is 12.6. The molecule has 6 heteroatoms. The lowest BCUT2D eigenvalue weighted by Crippen LogP contribution is -2.24. The standard InChI is InChI=1S/C26H30N4O2/c1-18-12-19(2)14-23(13-18)29-26(32)24-16-30(17-27-24)15-20-8-10-22(11-9-20)28-25(31)21-6-4-3-5-7-21/h8-14,16-17,21H,3-7,15H2,1-2H3,(H,28,31)(H,29,32). The minimum atomic E-state index is -0.227. The highest BCUT2D eigenvalue weighted by Gasteiger charge is 2.21. The minimum absolute atomic E-state index is 0.131. The van der Waals surface area contributed by atoms with E-state index in [1.807, 2.05) is 54.8 Å². The molecule has 1 aliphatic carbocycles. The number of nitrogens with zero attached hydrogens (tertiary/aromatic N) is 2. The maximum atomic E-state index is 12.6. The molecule has 0 spiro atoms. The molecule has 1 fully saturated rings. The van der Waals surface area contributed by atoms with Gasteiger partial charge in [-0.1, -0.05) is 37.5 Å². The van der Waals surface area contributed by atoms with E-state index in [4.69, 9.17) is 0 Å². The lowest BCUT2D eigenvalue weighted by atomic mass is 9.88. The Morgan fingerprint density at radius 1 is 0.938 bits per heavy atom. The largest absolute Gasteiger partial charge is 0.332 e. The first kappa shape index (κ1) is 21.8. The normalized spacial score (nSPS) is 14.2. The van der Waals surface area contributed by atoms with Crippen molar-refractivity contribution in [3.63, 3.8) is 0 Å². The van der Waals surface area contributed by atoms with Crippen molar-refractivity contribution in [1.82, 2.24) is 9.55 Å². The van der Waals surface area contributed by atoms with Crippen LogP contribution in [0.4, 0.5) is 11.4 Å². The number of carbonyl (C=O) groups excluding carboxylic acids is 2. The molecule has 0 bridgehead atoms. The second-order valence-electron chi connectivity index (χ2n) is 8.78. The van der Waals surface area contributed by atoms with E-state index < -0.39 is 0 Å². The summed E-state index contributed by atoms with van der Waals surface area (Å²) in [5, 5.41) is 5.96. The van der Waals surface area contributed by atoms with Crippen LogP contribution in [0.2, 0.25) is 0 Å². The van der Waals surface area contributed by atoms with Crippen molar-refractivity contribution in [2.75, 3.05) is 10.6 Å². The van der Waals surface area contributed by atoms with Crippen LogP contribution in [-0.2, 0) is 11.3 Å². The molecule has 2 amide bonds. The van der Waals surface area contributed by atoms with E-state index in [1.165, 1.54) is 6.42 Å².